The normalized spacial score (nSPS) is 12.5. The SMILES string of the molecule is CCC(N)CCNC(=O)c1ccnn1C. The molecule has 5 heteroatoms. The molecule has 1 atom stereocenters. The van der Waals surface area contributed by atoms with E-state index in [1.165, 1.54) is 0 Å². The summed E-state index contributed by atoms with van der Waals surface area (Å²) in [6.45, 7) is 2.65. The minimum Gasteiger partial charge on any atom is -0.351 e. The van der Waals surface area contributed by atoms with Crippen LogP contribution in [0.2, 0.25) is 0 Å². The van der Waals surface area contributed by atoms with Crippen LogP contribution >= 0.6 is 0 Å². The van der Waals surface area contributed by atoms with Crippen molar-refractivity contribution >= 4 is 5.91 Å². The predicted molar refractivity (Wildman–Crippen MR) is 58.4 cm³/mol. The van der Waals surface area contributed by atoms with Crippen molar-refractivity contribution in [1.29, 1.82) is 0 Å². The molecule has 0 aliphatic rings. The molecule has 15 heavy (non-hydrogen) atoms. The van der Waals surface area contributed by atoms with Crippen molar-refractivity contribution in [3.05, 3.63) is 18.0 Å². The molecule has 0 aliphatic carbocycles. The van der Waals surface area contributed by atoms with Gasteiger partial charge in [-0.2, -0.15) is 5.10 Å². The maximum Gasteiger partial charge on any atom is 0.269 e. The average molecular weight is 210 g/mol. The fraction of sp³-hybridized carbons (Fsp3) is 0.600. The van der Waals surface area contributed by atoms with E-state index in [2.05, 4.69) is 10.4 Å². The van der Waals surface area contributed by atoms with Gasteiger partial charge in [-0.15, -0.1) is 0 Å². The molecule has 0 fully saturated rings. The molecule has 0 saturated heterocycles. The van der Waals surface area contributed by atoms with Gasteiger partial charge in [0.15, 0.2) is 0 Å². The summed E-state index contributed by atoms with van der Waals surface area (Å²) in [4.78, 5) is 11.6. The maximum atomic E-state index is 11.6. The highest BCUT2D eigenvalue weighted by Gasteiger charge is 2.09. The van der Waals surface area contributed by atoms with E-state index in [1.54, 1.807) is 24.0 Å². The van der Waals surface area contributed by atoms with Crippen LogP contribution in [0.5, 0.6) is 0 Å². The second-order valence-electron chi connectivity index (χ2n) is 3.55. The van der Waals surface area contributed by atoms with Crippen molar-refractivity contribution in [2.45, 2.75) is 25.8 Å². The van der Waals surface area contributed by atoms with E-state index in [-0.39, 0.29) is 11.9 Å². The van der Waals surface area contributed by atoms with Crippen molar-refractivity contribution < 1.29 is 4.79 Å². The molecule has 1 heterocycles. The molecule has 1 aromatic heterocycles. The van der Waals surface area contributed by atoms with E-state index < -0.39 is 0 Å². The van der Waals surface area contributed by atoms with Crippen LogP contribution in [0.1, 0.15) is 30.3 Å². The van der Waals surface area contributed by atoms with Gasteiger partial charge in [0.2, 0.25) is 0 Å². The zero-order chi connectivity index (χ0) is 11.3. The monoisotopic (exact) mass is 210 g/mol. The number of hydrogen-bond acceptors (Lipinski definition) is 3. The molecule has 1 unspecified atom stereocenters. The van der Waals surface area contributed by atoms with Crippen LogP contribution in [0, 0.1) is 0 Å². The lowest BCUT2D eigenvalue weighted by Gasteiger charge is -2.09. The smallest absolute Gasteiger partial charge is 0.269 e. The number of aromatic nitrogens is 2. The fourth-order valence-electron chi connectivity index (χ4n) is 1.26. The Hall–Kier alpha value is -1.36. The Morgan fingerprint density at radius 1 is 1.73 bits per heavy atom. The Morgan fingerprint density at radius 2 is 2.47 bits per heavy atom. The van der Waals surface area contributed by atoms with E-state index in [0.717, 1.165) is 12.8 Å². The molecule has 0 spiro atoms. The fourth-order valence-corrected chi connectivity index (χ4v) is 1.26. The van der Waals surface area contributed by atoms with Crippen LogP contribution < -0.4 is 11.1 Å². The molecule has 84 valence electrons. The largest absolute Gasteiger partial charge is 0.351 e. The quantitative estimate of drug-likeness (QED) is 0.733. The van der Waals surface area contributed by atoms with Gasteiger partial charge in [-0.25, -0.2) is 0 Å². The van der Waals surface area contributed by atoms with Gasteiger partial charge in [-0.05, 0) is 18.9 Å². The van der Waals surface area contributed by atoms with Gasteiger partial charge < -0.3 is 11.1 Å². The molecule has 1 amide bonds. The van der Waals surface area contributed by atoms with Gasteiger partial charge in [-0.3, -0.25) is 9.48 Å². The number of nitrogens with two attached hydrogens (primary N) is 1. The summed E-state index contributed by atoms with van der Waals surface area (Å²) in [5.41, 5.74) is 6.31. The summed E-state index contributed by atoms with van der Waals surface area (Å²) in [7, 11) is 1.74. The van der Waals surface area contributed by atoms with Crippen LogP contribution in [0.15, 0.2) is 12.3 Å². The second-order valence-corrected chi connectivity index (χ2v) is 3.55. The lowest BCUT2D eigenvalue weighted by atomic mass is 10.2. The van der Waals surface area contributed by atoms with E-state index >= 15 is 0 Å². The van der Waals surface area contributed by atoms with Crippen LogP contribution in [-0.4, -0.2) is 28.3 Å². The number of nitrogens with zero attached hydrogens (tertiary/aromatic N) is 2. The average Bonchev–Trinajstić information content (AvgIpc) is 2.64. The first-order valence-corrected chi connectivity index (χ1v) is 5.17. The standard InChI is InChI=1S/C10H18N4O/c1-3-8(11)4-6-12-10(15)9-5-7-13-14(9)2/h5,7-8H,3-4,6,11H2,1-2H3,(H,12,15). The van der Waals surface area contributed by atoms with Crippen molar-refractivity contribution in [1.82, 2.24) is 15.1 Å². The number of amides is 1. The number of nitrogens with one attached hydrogen (secondary N) is 1. The zero-order valence-electron chi connectivity index (χ0n) is 9.23. The molecule has 0 radical (unpaired) electrons. The van der Waals surface area contributed by atoms with Crippen molar-refractivity contribution in [3.63, 3.8) is 0 Å². The molecule has 1 rings (SSSR count). The third-order valence-electron chi connectivity index (χ3n) is 2.38. The van der Waals surface area contributed by atoms with Gasteiger partial charge in [-0.1, -0.05) is 6.92 Å². The van der Waals surface area contributed by atoms with E-state index in [9.17, 15) is 4.79 Å². The lowest BCUT2D eigenvalue weighted by molar-refractivity contribution is 0.0943. The Labute approximate surface area is 89.6 Å². The first kappa shape index (κ1) is 11.7. The molecule has 0 aliphatic heterocycles. The molecule has 1 aromatic rings. The Kier molecular flexibility index (Phi) is 4.30. The Bertz CT molecular complexity index is 321. The topological polar surface area (TPSA) is 72.9 Å². The molecule has 5 nitrogen and oxygen atoms in total. The van der Waals surface area contributed by atoms with Crippen LogP contribution in [0.3, 0.4) is 0 Å². The molecule has 0 aromatic carbocycles. The van der Waals surface area contributed by atoms with Gasteiger partial charge in [0.1, 0.15) is 5.69 Å². The van der Waals surface area contributed by atoms with Gasteiger partial charge in [0.05, 0.1) is 0 Å². The summed E-state index contributed by atoms with van der Waals surface area (Å²) in [6, 6.07) is 1.85. The van der Waals surface area contributed by atoms with Crippen LogP contribution in [-0.2, 0) is 7.05 Å². The van der Waals surface area contributed by atoms with Crippen molar-refractivity contribution in [3.8, 4) is 0 Å². The molecule has 0 bridgehead atoms. The maximum absolute atomic E-state index is 11.6. The van der Waals surface area contributed by atoms with Gasteiger partial charge in [0, 0.05) is 25.8 Å². The van der Waals surface area contributed by atoms with E-state index in [4.69, 9.17) is 5.73 Å². The molecular formula is C10H18N4O. The molecule has 3 N–H and O–H groups in total. The van der Waals surface area contributed by atoms with Crippen molar-refractivity contribution in [2.24, 2.45) is 12.8 Å². The first-order valence-electron chi connectivity index (χ1n) is 5.17. The van der Waals surface area contributed by atoms with Crippen LogP contribution in [0.25, 0.3) is 0 Å². The van der Waals surface area contributed by atoms with E-state index in [1.807, 2.05) is 6.92 Å². The predicted octanol–water partition coefficient (Wildman–Crippen LogP) is 0.277. The first-order chi connectivity index (χ1) is 7.15. The third kappa shape index (κ3) is 3.36. The molecule has 0 saturated carbocycles. The lowest BCUT2D eigenvalue weighted by Crippen LogP contribution is -2.31. The summed E-state index contributed by atoms with van der Waals surface area (Å²) in [6.07, 6.45) is 3.34. The second kappa shape index (κ2) is 5.50. The van der Waals surface area contributed by atoms with Crippen LogP contribution in [0.4, 0.5) is 0 Å². The minimum absolute atomic E-state index is 0.0988. The number of aryl methyl sites for hydroxylation is 1. The van der Waals surface area contributed by atoms with Crippen molar-refractivity contribution in [2.75, 3.05) is 6.54 Å². The summed E-state index contributed by atoms with van der Waals surface area (Å²) in [5, 5.41) is 6.74. The van der Waals surface area contributed by atoms with Gasteiger partial charge >= 0.3 is 0 Å². The highest BCUT2D eigenvalue weighted by Crippen LogP contribution is 1.96. The summed E-state index contributed by atoms with van der Waals surface area (Å²) in [5.74, 6) is -0.0988. The highest BCUT2D eigenvalue weighted by atomic mass is 16.2. The van der Waals surface area contributed by atoms with E-state index in [0.29, 0.717) is 12.2 Å². The van der Waals surface area contributed by atoms with Gasteiger partial charge in [0.25, 0.3) is 5.91 Å². The number of carbonyl (C=O) groups excluding carboxylic acids is 1. The summed E-state index contributed by atoms with van der Waals surface area (Å²) < 4.78 is 1.55. The zero-order valence-corrected chi connectivity index (χ0v) is 9.23. The summed E-state index contributed by atoms with van der Waals surface area (Å²) >= 11 is 0. The number of rotatable bonds is 5. The Balaban J connectivity index is 2.34. The third-order valence-corrected chi connectivity index (χ3v) is 2.38. The highest BCUT2D eigenvalue weighted by molar-refractivity contribution is 5.92. The Morgan fingerprint density at radius 3 is 3.00 bits per heavy atom. The number of hydrogen-bond donors (Lipinski definition) is 2. The molecular weight excluding hydrogens is 192 g/mol. The number of carbonyl (C=O) groups is 1. The minimum atomic E-state index is -0.0988.